The number of hydrogen-bond donors (Lipinski definition) is 0. The largest absolute Gasteiger partial charge is 0.384 e. The van der Waals surface area contributed by atoms with E-state index in [2.05, 4.69) is 0 Å². The second kappa shape index (κ2) is 4.43. The van der Waals surface area contributed by atoms with E-state index >= 15 is 0 Å². The SMILES string of the molecule is COCCc1ccc(Cl)cc1F. The van der Waals surface area contributed by atoms with Crippen molar-refractivity contribution in [1.29, 1.82) is 0 Å². The Balaban J connectivity index is 2.72. The quantitative estimate of drug-likeness (QED) is 0.709. The molecule has 0 spiro atoms. The van der Waals surface area contributed by atoms with Crippen molar-refractivity contribution >= 4 is 11.6 Å². The van der Waals surface area contributed by atoms with Crippen LogP contribution in [0.2, 0.25) is 5.02 Å². The van der Waals surface area contributed by atoms with E-state index in [1.807, 2.05) is 0 Å². The maximum absolute atomic E-state index is 13.0. The Kier molecular flexibility index (Phi) is 3.50. The van der Waals surface area contributed by atoms with Crippen LogP contribution in [0.3, 0.4) is 0 Å². The van der Waals surface area contributed by atoms with Crippen molar-refractivity contribution < 1.29 is 9.13 Å². The summed E-state index contributed by atoms with van der Waals surface area (Å²) in [6.45, 7) is 0.526. The molecule has 3 heteroatoms. The van der Waals surface area contributed by atoms with Crippen molar-refractivity contribution in [3.8, 4) is 0 Å². The number of halogens is 2. The van der Waals surface area contributed by atoms with Gasteiger partial charge >= 0.3 is 0 Å². The van der Waals surface area contributed by atoms with Gasteiger partial charge in [-0.15, -0.1) is 0 Å². The van der Waals surface area contributed by atoms with Crippen LogP contribution in [0.5, 0.6) is 0 Å². The zero-order chi connectivity index (χ0) is 8.97. The van der Waals surface area contributed by atoms with Gasteiger partial charge in [-0.25, -0.2) is 4.39 Å². The first-order valence-electron chi connectivity index (χ1n) is 3.67. The van der Waals surface area contributed by atoms with Gasteiger partial charge in [0.2, 0.25) is 0 Å². The molecule has 1 aromatic rings. The fourth-order valence-corrected chi connectivity index (χ4v) is 1.10. The Hall–Kier alpha value is -0.600. The summed E-state index contributed by atoms with van der Waals surface area (Å²) in [5.41, 5.74) is 0.640. The summed E-state index contributed by atoms with van der Waals surface area (Å²) in [5, 5.41) is 0.425. The third-order valence-corrected chi connectivity index (χ3v) is 1.83. The van der Waals surface area contributed by atoms with Crippen LogP contribution in [0.25, 0.3) is 0 Å². The van der Waals surface area contributed by atoms with Crippen molar-refractivity contribution in [1.82, 2.24) is 0 Å². The first kappa shape index (κ1) is 9.49. The van der Waals surface area contributed by atoms with Crippen molar-refractivity contribution in [2.75, 3.05) is 13.7 Å². The Morgan fingerprint density at radius 1 is 1.50 bits per heavy atom. The van der Waals surface area contributed by atoms with Gasteiger partial charge < -0.3 is 4.74 Å². The van der Waals surface area contributed by atoms with E-state index in [-0.39, 0.29) is 5.82 Å². The van der Waals surface area contributed by atoms with Crippen molar-refractivity contribution in [3.63, 3.8) is 0 Å². The highest BCUT2D eigenvalue weighted by Crippen LogP contribution is 2.14. The molecule has 0 aliphatic rings. The molecule has 1 rings (SSSR count). The van der Waals surface area contributed by atoms with Crippen molar-refractivity contribution in [2.45, 2.75) is 6.42 Å². The Morgan fingerprint density at radius 3 is 2.83 bits per heavy atom. The Morgan fingerprint density at radius 2 is 2.25 bits per heavy atom. The summed E-state index contributed by atoms with van der Waals surface area (Å²) in [4.78, 5) is 0. The molecule has 12 heavy (non-hydrogen) atoms. The number of ether oxygens (including phenoxy) is 1. The molecule has 0 bridgehead atoms. The highest BCUT2D eigenvalue weighted by atomic mass is 35.5. The summed E-state index contributed by atoms with van der Waals surface area (Å²) < 4.78 is 17.9. The normalized spacial score (nSPS) is 10.2. The van der Waals surface area contributed by atoms with E-state index in [1.54, 1.807) is 19.2 Å². The van der Waals surface area contributed by atoms with E-state index in [9.17, 15) is 4.39 Å². The molecule has 0 saturated carbocycles. The zero-order valence-corrected chi connectivity index (χ0v) is 7.57. The average Bonchev–Trinajstić information content (AvgIpc) is 2.03. The standard InChI is InChI=1S/C9H10ClFO/c1-12-5-4-7-2-3-8(10)6-9(7)11/h2-3,6H,4-5H2,1H3. The maximum Gasteiger partial charge on any atom is 0.127 e. The van der Waals surface area contributed by atoms with Gasteiger partial charge in [-0.05, 0) is 24.1 Å². The number of methoxy groups -OCH3 is 1. The molecule has 0 N–H and O–H groups in total. The number of benzene rings is 1. The van der Waals surface area contributed by atoms with Crippen LogP contribution < -0.4 is 0 Å². The lowest BCUT2D eigenvalue weighted by Gasteiger charge is -2.01. The Bertz CT molecular complexity index is 263. The highest BCUT2D eigenvalue weighted by Gasteiger charge is 2.01. The highest BCUT2D eigenvalue weighted by molar-refractivity contribution is 6.30. The monoisotopic (exact) mass is 188 g/mol. The fourth-order valence-electron chi connectivity index (χ4n) is 0.936. The minimum absolute atomic E-state index is 0.264. The number of hydrogen-bond acceptors (Lipinski definition) is 1. The lowest BCUT2D eigenvalue weighted by molar-refractivity contribution is 0.201. The third-order valence-electron chi connectivity index (χ3n) is 1.59. The molecule has 1 nitrogen and oxygen atoms in total. The van der Waals surface area contributed by atoms with Gasteiger partial charge in [0.25, 0.3) is 0 Å². The van der Waals surface area contributed by atoms with E-state index in [1.165, 1.54) is 6.07 Å². The fraction of sp³-hybridized carbons (Fsp3) is 0.333. The number of rotatable bonds is 3. The zero-order valence-electron chi connectivity index (χ0n) is 6.81. The molecule has 0 heterocycles. The minimum atomic E-state index is -0.264. The molecule has 0 aromatic heterocycles. The van der Waals surface area contributed by atoms with Crippen LogP contribution in [-0.4, -0.2) is 13.7 Å². The summed E-state index contributed by atoms with van der Waals surface area (Å²) in [5.74, 6) is -0.264. The average molecular weight is 189 g/mol. The van der Waals surface area contributed by atoms with Crippen molar-refractivity contribution in [3.05, 3.63) is 34.6 Å². The molecule has 0 aliphatic heterocycles. The Labute approximate surface area is 76.1 Å². The van der Waals surface area contributed by atoms with Crippen LogP contribution in [0.15, 0.2) is 18.2 Å². The van der Waals surface area contributed by atoms with Crippen LogP contribution in [-0.2, 0) is 11.2 Å². The molecule has 0 radical (unpaired) electrons. The van der Waals surface area contributed by atoms with Gasteiger partial charge in [-0.3, -0.25) is 0 Å². The molecule has 0 amide bonds. The van der Waals surface area contributed by atoms with E-state index in [0.29, 0.717) is 23.6 Å². The molecule has 0 aliphatic carbocycles. The summed E-state index contributed by atoms with van der Waals surface area (Å²) in [7, 11) is 1.59. The second-order valence-corrected chi connectivity index (χ2v) is 2.91. The summed E-state index contributed by atoms with van der Waals surface area (Å²) >= 11 is 5.58. The lowest BCUT2D eigenvalue weighted by atomic mass is 10.1. The first-order chi connectivity index (χ1) is 5.74. The van der Waals surface area contributed by atoms with Gasteiger partial charge in [0.05, 0.1) is 6.61 Å². The molecule has 0 atom stereocenters. The molecule has 0 unspecified atom stereocenters. The predicted octanol–water partition coefficient (Wildman–Crippen LogP) is 2.67. The van der Waals surface area contributed by atoms with Crippen LogP contribution >= 0.6 is 11.6 Å². The van der Waals surface area contributed by atoms with Crippen LogP contribution in [0.4, 0.5) is 4.39 Å². The van der Waals surface area contributed by atoms with E-state index in [0.717, 1.165) is 0 Å². The van der Waals surface area contributed by atoms with Gasteiger partial charge in [0.15, 0.2) is 0 Å². The first-order valence-corrected chi connectivity index (χ1v) is 4.04. The van der Waals surface area contributed by atoms with E-state index < -0.39 is 0 Å². The predicted molar refractivity (Wildman–Crippen MR) is 47.0 cm³/mol. The molecule has 1 aromatic carbocycles. The van der Waals surface area contributed by atoms with Gasteiger partial charge in [0, 0.05) is 12.1 Å². The second-order valence-electron chi connectivity index (χ2n) is 2.48. The molecular weight excluding hydrogens is 179 g/mol. The maximum atomic E-state index is 13.0. The molecule has 66 valence electrons. The lowest BCUT2D eigenvalue weighted by Crippen LogP contribution is -1.97. The van der Waals surface area contributed by atoms with Gasteiger partial charge in [-0.2, -0.15) is 0 Å². The third kappa shape index (κ3) is 2.47. The van der Waals surface area contributed by atoms with E-state index in [4.69, 9.17) is 16.3 Å². The topological polar surface area (TPSA) is 9.23 Å². The molecule has 0 saturated heterocycles. The van der Waals surface area contributed by atoms with Crippen molar-refractivity contribution in [2.24, 2.45) is 0 Å². The summed E-state index contributed by atoms with van der Waals surface area (Å²) in [6, 6.07) is 4.67. The van der Waals surface area contributed by atoms with Gasteiger partial charge in [-0.1, -0.05) is 17.7 Å². The minimum Gasteiger partial charge on any atom is -0.384 e. The molecular formula is C9H10ClFO. The smallest absolute Gasteiger partial charge is 0.127 e. The van der Waals surface area contributed by atoms with Crippen LogP contribution in [0.1, 0.15) is 5.56 Å². The van der Waals surface area contributed by atoms with Gasteiger partial charge in [0.1, 0.15) is 5.82 Å². The summed E-state index contributed by atoms with van der Waals surface area (Å²) in [6.07, 6.45) is 0.583. The van der Waals surface area contributed by atoms with Crippen LogP contribution in [0, 0.1) is 5.82 Å². The molecule has 0 fully saturated rings.